The molecule has 7 nitrogen and oxygen atoms in total. The number of methoxy groups -OCH3 is 1. The monoisotopic (exact) mass is 357 g/mol. The number of hydrogen-bond donors (Lipinski definition) is 0. The largest absolute Gasteiger partial charge is 0.497 e. The Morgan fingerprint density at radius 2 is 2.00 bits per heavy atom. The summed E-state index contributed by atoms with van der Waals surface area (Å²) in [4.78, 5) is 19.0. The Labute approximate surface area is 152 Å². The van der Waals surface area contributed by atoms with Gasteiger partial charge in [-0.25, -0.2) is 0 Å². The van der Waals surface area contributed by atoms with E-state index in [0.29, 0.717) is 31.4 Å². The van der Waals surface area contributed by atoms with Crippen molar-refractivity contribution in [2.75, 3.05) is 26.8 Å². The molecule has 1 aromatic heterocycles. The Morgan fingerprint density at radius 3 is 2.73 bits per heavy atom. The molecule has 4 rings (SSSR count). The van der Waals surface area contributed by atoms with E-state index in [9.17, 15) is 4.79 Å². The maximum atomic E-state index is 12.7. The van der Waals surface area contributed by atoms with Crippen LogP contribution in [0.4, 0.5) is 0 Å². The third-order valence-electron chi connectivity index (χ3n) is 5.15. The molecule has 0 spiro atoms. The number of nitrogens with zero attached hydrogens (tertiary/aromatic N) is 3. The van der Waals surface area contributed by atoms with Gasteiger partial charge in [-0.3, -0.25) is 4.79 Å². The number of rotatable bonds is 4. The third kappa shape index (κ3) is 3.44. The van der Waals surface area contributed by atoms with Gasteiger partial charge < -0.3 is 18.9 Å². The average molecular weight is 357 g/mol. The third-order valence-corrected chi connectivity index (χ3v) is 5.15. The second-order valence-corrected chi connectivity index (χ2v) is 6.81. The molecule has 1 aliphatic carbocycles. The van der Waals surface area contributed by atoms with Gasteiger partial charge in [-0.05, 0) is 37.1 Å². The van der Waals surface area contributed by atoms with Crippen LogP contribution in [0.5, 0.6) is 5.75 Å². The molecule has 0 unspecified atom stereocenters. The molecular formula is C19H23N3O4. The molecule has 1 aliphatic heterocycles. The van der Waals surface area contributed by atoms with Crippen molar-refractivity contribution >= 4 is 5.91 Å². The molecule has 1 saturated heterocycles. The predicted octanol–water partition coefficient (Wildman–Crippen LogP) is 2.84. The summed E-state index contributed by atoms with van der Waals surface area (Å²) in [6.07, 6.45) is 3.97. The highest BCUT2D eigenvalue weighted by Gasteiger charge is 2.33. The lowest BCUT2D eigenvalue weighted by Gasteiger charge is -2.33. The molecule has 7 heteroatoms. The van der Waals surface area contributed by atoms with Crippen LogP contribution in [0.3, 0.4) is 0 Å². The van der Waals surface area contributed by atoms with Gasteiger partial charge in [0.25, 0.3) is 5.89 Å². The summed E-state index contributed by atoms with van der Waals surface area (Å²) < 4.78 is 16.3. The van der Waals surface area contributed by atoms with E-state index in [1.165, 1.54) is 0 Å². The van der Waals surface area contributed by atoms with Crippen molar-refractivity contribution in [2.24, 2.45) is 5.92 Å². The Bertz CT molecular complexity index is 752. The fourth-order valence-electron chi connectivity index (χ4n) is 3.65. The molecule has 0 bridgehead atoms. The van der Waals surface area contributed by atoms with Crippen molar-refractivity contribution in [1.82, 2.24) is 15.0 Å². The summed E-state index contributed by atoms with van der Waals surface area (Å²) in [7, 11) is 1.62. The lowest BCUT2D eigenvalue weighted by Crippen LogP contribution is -2.44. The molecule has 1 amide bonds. The molecule has 1 aromatic carbocycles. The number of ether oxygens (including phenoxy) is 2. The first kappa shape index (κ1) is 17.0. The lowest BCUT2D eigenvalue weighted by molar-refractivity contribution is -0.143. The van der Waals surface area contributed by atoms with Gasteiger partial charge >= 0.3 is 0 Å². The Hall–Kier alpha value is -2.41. The average Bonchev–Trinajstić information content (AvgIpc) is 3.40. The van der Waals surface area contributed by atoms with Crippen LogP contribution in [-0.2, 0) is 9.53 Å². The van der Waals surface area contributed by atoms with E-state index in [2.05, 4.69) is 10.1 Å². The zero-order valence-electron chi connectivity index (χ0n) is 14.9. The smallest absolute Gasteiger partial charge is 0.258 e. The number of amides is 1. The van der Waals surface area contributed by atoms with E-state index >= 15 is 0 Å². The first-order valence-corrected chi connectivity index (χ1v) is 9.13. The quantitative estimate of drug-likeness (QED) is 0.837. The van der Waals surface area contributed by atoms with E-state index in [4.69, 9.17) is 14.0 Å². The molecule has 2 fully saturated rings. The fourth-order valence-corrected chi connectivity index (χ4v) is 3.65. The molecule has 26 heavy (non-hydrogen) atoms. The highest BCUT2D eigenvalue weighted by Crippen LogP contribution is 2.29. The highest BCUT2D eigenvalue weighted by molar-refractivity contribution is 5.79. The van der Waals surface area contributed by atoms with Crippen molar-refractivity contribution in [1.29, 1.82) is 0 Å². The van der Waals surface area contributed by atoms with Crippen molar-refractivity contribution in [3.63, 3.8) is 0 Å². The van der Waals surface area contributed by atoms with Crippen LogP contribution in [0.15, 0.2) is 28.8 Å². The van der Waals surface area contributed by atoms with Gasteiger partial charge in [-0.2, -0.15) is 4.98 Å². The number of benzene rings is 1. The van der Waals surface area contributed by atoms with Crippen LogP contribution in [-0.4, -0.2) is 47.8 Å². The lowest BCUT2D eigenvalue weighted by atomic mass is 10.1. The van der Waals surface area contributed by atoms with Crippen LogP contribution in [0.2, 0.25) is 0 Å². The molecule has 0 N–H and O–H groups in total. The Balaban J connectivity index is 1.45. The van der Waals surface area contributed by atoms with Crippen LogP contribution < -0.4 is 4.74 Å². The van der Waals surface area contributed by atoms with Gasteiger partial charge in [0, 0.05) is 18.0 Å². The predicted molar refractivity (Wildman–Crippen MR) is 93.5 cm³/mol. The van der Waals surface area contributed by atoms with Crippen molar-refractivity contribution < 1.29 is 18.8 Å². The molecule has 2 heterocycles. The molecule has 0 radical (unpaired) electrons. The number of morpholine rings is 1. The summed E-state index contributed by atoms with van der Waals surface area (Å²) in [5.74, 6) is 2.11. The number of carbonyl (C=O) groups is 1. The topological polar surface area (TPSA) is 77.7 Å². The van der Waals surface area contributed by atoms with Crippen molar-refractivity contribution in [2.45, 2.75) is 31.8 Å². The summed E-state index contributed by atoms with van der Waals surface area (Å²) in [5, 5.41) is 4.07. The molecular weight excluding hydrogens is 334 g/mol. The summed E-state index contributed by atoms with van der Waals surface area (Å²) >= 11 is 0. The Morgan fingerprint density at radius 1 is 1.23 bits per heavy atom. The van der Waals surface area contributed by atoms with E-state index in [0.717, 1.165) is 37.0 Å². The van der Waals surface area contributed by atoms with E-state index < -0.39 is 0 Å². The molecule has 138 valence electrons. The van der Waals surface area contributed by atoms with E-state index in [-0.39, 0.29) is 17.9 Å². The number of hydrogen-bond acceptors (Lipinski definition) is 6. The van der Waals surface area contributed by atoms with Crippen LogP contribution >= 0.6 is 0 Å². The Kier molecular flexibility index (Phi) is 4.88. The first-order chi connectivity index (χ1) is 12.7. The molecule has 2 aromatic rings. The molecule has 1 saturated carbocycles. The SMILES string of the molecule is COc1ccc(-c2nc([C@H]3CN(C(=O)C4CCCC4)CCO3)no2)cc1. The highest BCUT2D eigenvalue weighted by atomic mass is 16.5. The van der Waals surface area contributed by atoms with Gasteiger partial charge in [0.1, 0.15) is 11.9 Å². The maximum absolute atomic E-state index is 12.7. The van der Waals surface area contributed by atoms with Crippen LogP contribution in [0.1, 0.15) is 37.6 Å². The molecule has 1 atom stereocenters. The van der Waals surface area contributed by atoms with E-state index in [1.807, 2.05) is 29.2 Å². The maximum Gasteiger partial charge on any atom is 0.258 e. The standard InChI is InChI=1S/C19H23N3O4/c1-24-15-8-6-13(7-9-15)18-20-17(21-26-18)16-12-22(10-11-25-16)19(23)14-4-2-3-5-14/h6-9,14,16H,2-5,10-12H2,1H3/t16-/m1/s1. The minimum Gasteiger partial charge on any atom is -0.497 e. The van der Waals surface area contributed by atoms with Crippen LogP contribution in [0, 0.1) is 5.92 Å². The van der Waals surface area contributed by atoms with E-state index in [1.54, 1.807) is 7.11 Å². The number of aromatic nitrogens is 2. The van der Waals surface area contributed by atoms with Gasteiger partial charge in [0.05, 0.1) is 20.3 Å². The van der Waals surface area contributed by atoms with Gasteiger partial charge in [0.2, 0.25) is 11.7 Å². The zero-order chi connectivity index (χ0) is 17.9. The zero-order valence-corrected chi connectivity index (χ0v) is 14.9. The summed E-state index contributed by atoms with van der Waals surface area (Å²) in [6, 6.07) is 7.43. The fraction of sp³-hybridized carbons (Fsp3) is 0.526. The first-order valence-electron chi connectivity index (χ1n) is 9.13. The molecule has 2 aliphatic rings. The second-order valence-electron chi connectivity index (χ2n) is 6.81. The summed E-state index contributed by atoms with van der Waals surface area (Å²) in [5.41, 5.74) is 0.819. The number of carbonyl (C=O) groups excluding carboxylic acids is 1. The second kappa shape index (κ2) is 7.45. The summed E-state index contributed by atoms with van der Waals surface area (Å²) in [6.45, 7) is 1.61. The minimum atomic E-state index is -0.343. The van der Waals surface area contributed by atoms with Gasteiger partial charge in [-0.1, -0.05) is 18.0 Å². The minimum absolute atomic E-state index is 0.175. The normalized spacial score (nSPS) is 21.1. The van der Waals surface area contributed by atoms with Gasteiger partial charge in [-0.15, -0.1) is 0 Å². The van der Waals surface area contributed by atoms with Crippen molar-refractivity contribution in [3.8, 4) is 17.2 Å². The van der Waals surface area contributed by atoms with Crippen molar-refractivity contribution in [3.05, 3.63) is 30.1 Å². The van der Waals surface area contributed by atoms with Gasteiger partial charge in [0.15, 0.2) is 0 Å². The van der Waals surface area contributed by atoms with Crippen LogP contribution in [0.25, 0.3) is 11.5 Å².